The van der Waals surface area contributed by atoms with E-state index >= 15 is 0 Å². The van der Waals surface area contributed by atoms with Crippen molar-refractivity contribution in [1.29, 1.82) is 0 Å². The van der Waals surface area contributed by atoms with Gasteiger partial charge in [0.1, 0.15) is 0 Å². The molecule has 0 amide bonds. The van der Waals surface area contributed by atoms with Gasteiger partial charge in [0, 0.05) is 0 Å². The Morgan fingerprint density at radius 2 is 2.08 bits per heavy atom. The van der Waals surface area contributed by atoms with Crippen molar-refractivity contribution in [2.24, 2.45) is 28.1 Å². The van der Waals surface area contributed by atoms with Gasteiger partial charge < -0.3 is 14.9 Å². The molecule has 3 fully saturated rings. The fourth-order valence-electron chi connectivity index (χ4n) is 7.53. The van der Waals surface area contributed by atoms with Gasteiger partial charge in [-0.1, -0.05) is 25.0 Å². The average Bonchev–Trinajstić information content (AvgIpc) is 2.80. The SMILES string of the molecule is COC(=O)[C@]1(C)CCC[C@@]2(C)C3=CC[C@H]4C[C@@]3(CC[C@H]12)C[C@]4(O)CO. The first-order valence-electron chi connectivity index (χ1n) is 9.87. The van der Waals surface area contributed by atoms with Gasteiger partial charge in [0.2, 0.25) is 0 Å². The van der Waals surface area contributed by atoms with E-state index in [0.717, 1.165) is 44.9 Å². The van der Waals surface area contributed by atoms with Crippen molar-refractivity contribution in [3.63, 3.8) is 0 Å². The van der Waals surface area contributed by atoms with Gasteiger partial charge in [-0.05, 0) is 74.5 Å². The Balaban J connectivity index is 1.75. The van der Waals surface area contributed by atoms with Crippen LogP contribution in [0.15, 0.2) is 11.6 Å². The summed E-state index contributed by atoms with van der Waals surface area (Å²) in [6.45, 7) is 4.31. The summed E-state index contributed by atoms with van der Waals surface area (Å²) in [5.74, 6) is 0.418. The molecule has 0 radical (unpaired) electrons. The van der Waals surface area contributed by atoms with Crippen LogP contribution in [0.25, 0.3) is 0 Å². The first kappa shape index (κ1) is 17.5. The molecule has 6 atom stereocenters. The highest BCUT2D eigenvalue weighted by atomic mass is 16.5. The highest BCUT2D eigenvalue weighted by molar-refractivity contribution is 5.77. The van der Waals surface area contributed by atoms with Crippen molar-refractivity contribution in [2.75, 3.05) is 13.7 Å². The molecule has 1 spiro atoms. The van der Waals surface area contributed by atoms with Gasteiger partial charge in [-0.15, -0.1) is 0 Å². The minimum Gasteiger partial charge on any atom is -0.469 e. The quantitative estimate of drug-likeness (QED) is 0.594. The second-order valence-electron chi connectivity index (χ2n) is 9.74. The Kier molecular flexibility index (Phi) is 3.73. The van der Waals surface area contributed by atoms with Crippen LogP contribution in [-0.4, -0.2) is 35.5 Å². The van der Waals surface area contributed by atoms with E-state index in [1.54, 1.807) is 0 Å². The monoisotopic (exact) mass is 348 g/mol. The van der Waals surface area contributed by atoms with Crippen molar-refractivity contribution in [2.45, 2.75) is 70.8 Å². The molecule has 0 heterocycles. The Labute approximate surface area is 150 Å². The molecule has 0 saturated heterocycles. The molecule has 0 unspecified atom stereocenters. The molecular formula is C21H32O4. The van der Waals surface area contributed by atoms with Crippen molar-refractivity contribution in [3.8, 4) is 0 Å². The Morgan fingerprint density at radius 1 is 1.32 bits per heavy atom. The van der Waals surface area contributed by atoms with Gasteiger partial charge in [0.25, 0.3) is 0 Å². The van der Waals surface area contributed by atoms with Crippen LogP contribution in [0.4, 0.5) is 0 Å². The number of esters is 1. The van der Waals surface area contributed by atoms with E-state index < -0.39 is 11.0 Å². The molecule has 4 heteroatoms. The van der Waals surface area contributed by atoms with E-state index in [1.807, 2.05) is 0 Å². The zero-order valence-corrected chi connectivity index (χ0v) is 15.8. The smallest absolute Gasteiger partial charge is 0.311 e. The fraction of sp³-hybridized carbons (Fsp3) is 0.857. The van der Waals surface area contributed by atoms with Gasteiger partial charge in [-0.25, -0.2) is 0 Å². The van der Waals surface area contributed by atoms with Gasteiger partial charge in [-0.3, -0.25) is 4.79 Å². The van der Waals surface area contributed by atoms with E-state index in [0.29, 0.717) is 12.3 Å². The highest BCUT2D eigenvalue weighted by Gasteiger charge is 2.65. The lowest BCUT2D eigenvalue weighted by Gasteiger charge is -2.60. The largest absolute Gasteiger partial charge is 0.469 e. The molecule has 4 rings (SSSR count). The number of carbonyl (C=O) groups is 1. The number of fused-ring (bicyclic) bond motifs is 3. The summed E-state index contributed by atoms with van der Waals surface area (Å²) in [4.78, 5) is 12.6. The molecule has 0 aromatic heterocycles. The van der Waals surface area contributed by atoms with Crippen LogP contribution < -0.4 is 0 Å². The standard InChI is InChI=1S/C21H32O4/c1-18-8-4-9-19(2,17(23)25-3)15(18)7-10-20-11-14(5-6-16(18)20)21(24,12-20)13-22/h6,14-15,22,24H,4-5,7-13H2,1-3H3/t14-,15-,18+,19+,20-,21-/m0/s1. The van der Waals surface area contributed by atoms with Crippen LogP contribution >= 0.6 is 0 Å². The maximum atomic E-state index is 12.6. The third-order valence-corrected chi connectivity index (χ3v) is 8.60. The van der Waals surface area contributed by atoms with Crippen molar-refractivity contribution >= 4 is 5.97 Å². The van der Waals surface area contributed by atoms with E-state index in [4.69, 9.17) is 4.74 Å². The summed E-state index contributed by atoms with van der Waals surface area (Å²) in [6.07, 6.45) is 9.99. The van der Waals surface area contributed by atoms with Crippen molar-refractivity contribution in [1.82, 2.24) is 0 Å². The molecule has 25 heavy (non-hydrogen) atoms. The second kappa shape index (κ2) is 5.32. The van der Waals surface area contributed by atoms with Gasteiger partial charge in [0.05, 0.1) is 24.7 Å². The zero-order valence-electron chi connectivity index (χ0n) is 15.8. The predicted octanol–water partition coefficient (Wildman–Crippen LogP) is 3.22. The number of aliphatic hydroxyl groups excluding tert-OH is 1. The van der Waals surface area contributed by atoms with Crippen LogP contribution in [0.3, 0.4) is 0 Å². The third-order valence-electron chi connectivity index (χ3n) is 8.60. The van der Waals surface area contributed by atoms with E-state index in [9.17, 15) is 15.0 Å². The molecular weight excluding hydrogens is 316 g/mol. The molecule has 4 aliphatic carbocycles. The normalized spacial score (nSPS) is 51.3. The first-order valence-corrected chi connectivity index (χ1v) is 9.87. The lowest BCUT2D eigenvalue weighted by Crippen LogP contribution is -2.54. The summed E-state index contributed by atoms with van der Waals surface area (Å²) in [5.41, 5.74) is 0.173. The van der Waals surface area contributed by atoms with Crippen molar-refractivity contribution in [3.05, 3.63) is 11.6 Å². The lowest BCUT2D eigenvalue weighted by atomic mass is 9.44. The Hall–Kier alpha value is -0.870. The van der Waals surface area contributed by atoms with E-state index in [-0.39, 0.29) is 29.3 Å². The maximum Gasteiger partial charge on any atom is 0.311 e. The minimum atomic E-state index is -0.929. The molecule has 0 aromatic carbocycles. The van der Waals surface area contributed by atoms with Crippen molar-refractivity contribution < 1.29 is 19.7 Å². The molecule has 2 N–H and O–H groups in total. The summed E-state index contributed by atoms with van der Waals surface area (Å²) in [6, 6.07) is 0. The number of ether oxygens (including phenoxy) is 1. The number of hydrogen-bond donors (Lipinski definition) is 2. The molecule has 2 bridgehead atoms. The lowest BCUT2D eigenvalue weighted by molar-refractivity contribution is -0.165. The molecule has 4 nitrogen and oxygen atoms in total. The number of hydrogen-bond acceptors (Lipinski definition) is 4. The number of rotatable bonds is 2. The van der Waals surface area contributed by atoms with Gasteiger partial charge >= 0.3 is 5.97 Å². The number of methoxy groups -OCH3 is 1. The predicted molar refractivity (Wildman–Crippen MR) is 94.7 cm³/mol. The number of allylic oxidation sites excluding steroid dienone is 2. The third kappa shape index (κ3) is 2.10. The summed E-state index contributed by atoms with van der Waals surface area (Å²) < 4.78 is 5.20. The summed E-state index contributed by atoms with van der Waals surface area (Å²) >= 11 is 0. The van der Waals surface area contributed by atoms with E-state index in [1.165, 1.54) is 12.7 Å². The van der Waals surface area contributed by atoms with Gasteiger partial charge in [0.15, 0.2) is 0 Å². The Bertz CT molecular complexity index is 627. The first-order chi connectivity index (χ1) is 11.7. The molecule has 4 aliphatic rings. The second-order valence-corrected chi connectivity index (χ2v) is 9.74. The summed E-state index contributed by atoms with van der Waals surface area (Å²) in [5, 5.41) is 20.8. The number of aliphatic hydroxyl groups is 2. The molecule has 140 valence electrons. The van der Waals surface area contributed by atoms with Gasteiger partial charge in [-0.2, -0.15) is 0 Å². The minimum absolute atomic E-state index is 0.00508. The average molecular weight is 348 g/mol. The topological polar surface area (TPSA) is 66.8 Å². The summed E-state index contributed by atoms with van der Waals surface area (Å²) in [7, 11) is 1.51. The highest BCUT2D eigenvalue weighted by Crippen LogP contribution is 2.71. The van der Waals surface area contributed by atoms with Crippen LogP contribution in [0, 0.1) is 28.1 Å². The van der Waals surface area contributed by atoms with E-state index in [2.05, 4.69) is 19.9 Å². The fourth-order valence-corrected chi connectivity index (χ4v) is 7.53. The zero-order chi connectivity index (χ0) is 18.1. The van der Waals surface area contributed by atoms with Crippen LogP contribution in [-0.2, 0) is 9.53 Å². The molecule has 0 aromatic rings. The molecule has 3 saturated carbocycles. The Morgan fingerprint density at radius 3 is 2.76 bits per heavy atom. The van der Waals surface area contributed by atoms with Crippen LogP contribution in [0.1, 0.15) is 65.2 Å². The number of carbonyl (C=O) groups excluding carboxylic acids is 1. The molecule has 0 aliphatic heterocycles. The maximum absolute atomic E-state index is 12.6. The van der Waals surface area contributed by atoms with Crippen LogP contribution in [0.5, 0.6) is 0 Å². The van der Waals surface area contributed by atoms with Crippen LogP contribution in [0.2, 0.25) is 0 Å².